The maximum atomic E-state index is 11.9. The van der Waals surface area contributed by atoms with Gasteiger partial charge in [-0.3, -0.25) is 23.4 Å². The zero-order valence-corrected chi connectivity index (χ0v) is 12.6. The average Bonchev–Trinajstić information content (AvgIpc) is 2.75. The predicted molar refractivity (Wildman–Crippen MR) is 72.7 cm³/mol. The van der Waals surface area contributed by atoms with Crippen LogP contribution in [0.15, 0.2) is 15.8 Å². The molecule has 3 heterocycles. The van der Waals surface area contributed by atoms with Gasteiger partial charge in [0.2, 0.25) is 0 Å². The number of aromatic amines is 1. The number of ether oxygens (including phenoxy) is 1. The fraction of sp³-hybridized carbons (Fsp3) is 0.636. The van der Waals surface area contributed by atoms with Gasteiger partial charge in [0.15, 0.2) is 6.23 Å². The van der Waals surface area contributed by atoms with Gasteiger partial charge in [0.05, 0.1) is 13.2 Å². The molecule has 0 amide bonds. The molecule has 0 aromatic carbocycles. The van der Waals surface area contributed by atoms with Gasteiger partial charge in [0, 0.05) is 18.2 Å². The summed E-state index contributed by atoms with van der Waals surface area (Å²) in [5, 5.41) is 20.0. The number of aliphatic hydroxyl groups is 2. The van der Waals surface area contributed by atoms with Crippen LogP contribution in [0.25, 0.3) is 0 Å². The molecular formula is C11H15N2O9P. The first-order chi connectivity index (χ1) is 10.8. The Morgan fingerprint density at radius 2 is 2.00 bits per heavy atom. The van der Waals surface area contributed by atoms with E-state index in [4.69, 9.17) is 13.8 Å². The van der Waals surface area contributed by atoms with Crippen LogP contribution in [-0.4, -0.2) is 56.2 Å². The topological polar surface area (TPSA) is 160 Å². The molecule has 23 heavy (non-hydrogen) atoms. The van der Waals surface area contributed by atoms with Crippen molar-refractivity contribution in [2.45, 2.75) is 31.0 Å². The fourth-order valence-corrected chi connectivity index (χ4v) is 3.20. The van der Waals surface area contributed by atoms with Gasteiger partial charge < -0.3 is 19.8 Å². The van der Waals surface area contributed by atoms with Crippen molar-refractivity contribution in [3.63, 3.8) is 0 Å². The largest absolute Gasteiger partial charge is 0.472 e. The van der Waals surface area contributed by atoms with Crippen molar-refractivity contribution in [2.24, 2.45) is 0 Å². The second-order valence-electron chi connectivity index (χ2n) is 5.21. The Hall–Kier alpha value is -1.33. The number of nitrogens with one attached hydrogen (secondary N) is 1. The predicted octanol–water partition coefficient (Wildman–Crippen LogP) is -2.15. The molecule has 4 bridgehead atoms. The van der Waals surface area contributed by atoms with Crippen LogP contribution in [0.3, 0.4) is 0 Å². The summed E-state index contributed by atoms with van der Waals surface area (Å²) in [6.45, 7) is -0.816. The van der Waals surface area contributed by atoms with Crippen molar-refractivity contribution in [1.82, 2.24) is 9.55 Å². The van der Waals surface area contributed by atoms with Crippen molar-refractivity contribution in [1.29, 1.82) is 0 Å². The summed E-state index contributed by atoms with van der Waals surface area (Å²) >= 11 is 0. The summed E-state index contributed by atoms with van der Waals surface area (Å²) in [5.74, 6) is 0. The normalized spacial score (nSPS) is 37.9. The Balaban J connectivity index is 2.06. The minimum atomic E-state index is -4.39. The van der Waals surface area contributed by atoms with Crippen LogP contribution >= 0.6 is 7.82 Å². The van der Waals surface area contributed by atoms with E-state index in [1.807, 2.05) is 0 Å². The van der Waals surface area contributed by atoms with Gasteiger partial charge in [-0.25, -0.2) is 9.36 Å². The molecule has 0 aliphatic carbocycles. The molecule has 0 radical (unpaired) electrons. The highest BCUT2D eigenvalue weighted by molar-refractivity contribution is 7.47. The average molecular weight is 350 g/mol. The summed E-state index contributed by atoms with van der Waals surface area (Å²) in [5.41, 5.74) is -1.42. The summed E-state index contributed by atoms with van der Waals surface area (Å²) in [7, 11) is -4.39. The molecule has 1 aromatic heterocycles. The van der Waals surface area contributed by atoms with E-state index in [-0.39, 0.29) is 18.6 Å². The van der Waals surface area contributed by atoms with E-state index in [2.05, 4.69) is 4.98 Å². The van der Waals surface area contributed by atoms with E-state index in [1.165, 1.54) is 0 Å². The molecule has 2 aliphatic rings. The molecule has 3 rings (SSSR count). The van der Waals surface area contributed by atoms with Crippen LogP contribution in [0, 0.1) is 0 Å². The van der Waals surface area contributed by atoms with Gasteiger partial charge in [-0.1, -0.05) is 0 Å². The highest BCUT2D eigenvalue weighted by Crippen LogP contribution is 2.44. The van der Waals surface area contributed by atoms with Crippen molar-refractivity contribution in [3.8, 4) is 0 Å². The van der Waals surface area contributed by atoms with Crippen molar-refractivity contribution < 1.29 is 33.5 Å². The highest BCUT2D eigenvalue weighted by Gasteiger charge is 2.45. The van der Waals surface area contributed by atoms with Crippen molar-refractivity contribution >= 4 is 7.82 Å². The molecule has 128 valence electrons. The van der Waals surface area contributed by atoms with E-state index in [9.17, 15) is 29.3 Å². The van der Waals surface area contributed by atoms with Crippen LogP contribution < -0.4 is 11.2 Å². The lowest BCUT2D eigenvalue weighted by Gasteiger charge is -2.19. The molecule has 0 spiro atoms. The van der Waals surface area contributed by atoms with Crippen LogP contribution in [0.5, 0.6) is 0 Å². The zero-order valence-electron chi connectivity index (χ0n) is 11.7. The highest BCUT2D eigenvalue weighted by atomic mass is 31.2. The molecule has 5 atom stereocenters. The molecule has 11 nitrogen and oxygen atoms in total. The van der Waals surface area contributed by atoms with E-state index in [1.54, 1.807) is 0 Å². The number of phosphoric ester groups is 1. The first kappa shape index (κ1) is 16.5. The first-order valence-corrected chi connectivity index (χ1v) is 8.26. The molecule has 0 saturated carbocycles. The lowest BCUT2D eigenvalue weighted by Crippen LogP contribution is -2.39. The van der Waals surface area contributed by atoms with Gasteiger partial charge in [-0.05, 0) is 0 Å². The number of phosphoric acid groups is 1. The number of nitrogens with zero attached hydrogens (tertiary/aromatic N) is 1. The molecule has 2 aliphatic heterocycles. The summed E-state index contributed by atoms with van der Waals surface area (Å²) in [4.78, 5) is 35.2. The first-order valence-electron chi connectivity index (χ1n) is 6.76. The molecule has 1 saturated heterocycles. The second kappa shape index (κ2) is 5.95. The van der Waals surface area contributed by atoms with E-state index in [0.29, 0.717) is 0 Å². The quantitative estimate of drug-likeness (QED) is 0.382. The van der Waals surface area contributed by atoms with Gasteiger partial charge in [0.25, 0.3) is 5.56 Å². The molecule has 1 aromatic rings. The molecular weight excluding hydrogens is 335 g/mol. The lowest BCUT2D eigenvalue weighted by atomic mass is 10.1. The van der Waals surface area contributed by atoms with Gasteiger partial charge in [-0.15, -0.1) is 0 Å². The second-order valence-corrected chi connectivity index (χ2v) is 6.67. The van der Waals surface area contributed by atoms with Gasteiger partial charge in [-0.2, -0.15) is 0 Å². The van der Waals surface area contributed by atoms with E-state index >= 15 is 0 Å². The fourth-order valence-electron chi connectivity index (χ4n) is 2.47. The smallest absolute Gasteiger partial charge is 0.387 e. The number of hydrogen-bond donors (Lipinski definition) is 4. The number of rotatable bonds is 0. The third kappa shape index (κ3) is 3.17. The van der Waals surface area contributed by atoms with Gasteiger partial charge in [0.1, 0.15) is 18.3 Å². The Bertz CT molecular complexity index is 759. The molecule has 1 fully saturated rings. The summed E-state index contributed by atoms with van der Waals surface area (Å²) < 4.78 is 27.4. The third-order valence-corrected chi connectivity index (χ3v) is 4.66. The van der Waals surface area contributed by atoms with E-state index in [0.717, 1.165) is 10.8 Å². The third-order valence-electron chi connectivity index (χ3n) is 3.68. The maximum absolute atomic E-state index is 11.9. The van der Waals surface area contributed by atoms with Crippen LogP contribution in [0.1, 0.15) is 11.8 Å². The molecule has 12 heteroatoms. The number of fused-ring (bicyclic) bond motifs is 5. The van der Waals surface area contributed by atoms with Crippen molar-refractivity contribution in [2.75, 3.05) is 13.2 Å². The number of H-pyrrole nitrogens is 1. The summed E-state index contributed by atoms with van der Waals surface area (Å²) in [6.07, 6.45) is -4.26. The molecule has 1 unspecified atom stereocenters. The molecule has 4 N–H and O–H groups in total. The SMILES string of the molecule is O=c1[nH]c(=O)n2cc1CCOP(=O)(O)OC[C@H]1O[C@@H]2[C@H](O)[C@@H]1O. The Morgan fingerprint density at radius 3 is 2.74 bits per heavy atom. The Labute approximate surface area is 128 Å². The minimum Gasteiger partial charge on any atom is -0.387 e. The minimum absolute atomic E-state index is 0.0711. The lowest BCUT2D eigenvalue weighted by molar-refractivity contribution is -0.0558. The van der Waals surface area contributed by atoms with Crippen LogP contribution in [-0.2, 0) is 24.8 Å². The standard InChI is InChI=1S/C11H15N2O9P/c14-7-6-4-21-23(18,19)20-2-1-5-3-13(10(22-6)8(7)15)11(17)12-9(5)16/h3,6-8,10,14-15H,1-2,4H2,(H,18,19)(H,12,16,17)/t6-,7-,8-,10-/m1/s1. The van der Waals surface area contributed by atoms with Crippen molar-refractivity contribution in [3.05, 3.63) is 32.6 Å². The number of aromatic nitrogens is 2. The Morgan fingerprint density at radius 1 is 1.26 bits per heavy atom. The summed E-state index contributed by atoms with van der Waals surface area (Å²) in [6, 6.07) is 0. The zero-order chi connectivity index (χ0) is 16.8. The monoisotopic (exact) mass is 350 g/mol. The Kier molecular flexibility index (Phi) is 4.27. The van der Waals surface area contributed by atoms with Crippen LogP contribution in [0.4, 0.5) is 0 Å². The van der Waals surface area contributed by atoms with Crippen LogP contribution in [0.2, 0.25) is 0 Å². The van der Waals surface area contributed by atoms with Gasteiger partial charge >= 0.3 is 13.5 Å². The maximum Gasteiger partial charge on any atom is 0.472 e. The number of aliphatic hydroxyl groups excluding tert-OH is 2. The van der Waals surface area contributed by atoms with E-state index < -0.39 is 50.2 Å². The number of hydrogen-bond acceptors (Lipinski definition) is 8.